The second-order valence-electron chi connectivity index (χ2n) is 6.50. The first-order valence-electron chi connectivity index (χ1n) is 9.82. The van der Waals surface area contributed by atoms with Crippen LogP contribution in [0, 0.1) is 0 Å². The molecular weight excluding hydrogens is 463 g/mol. The molecule has 3 rings (SSSR count). The van der Waals surface area contributed by atoms with Crippen LogP contribution in [0.1, 0.15) is 12.6 Å². The first kappa shape index (κ1) is 24.7. The van der Waals surface area contributed by atoms with Crippen molar-refractivity contribution in [2.75, 3.05) is 21.0 Å². The number of methoxy groups -OCH3 is 2. The monoisotopic (exact) mass is 488 g/mol. The zero-order valence-corrected chi connectivity index (χ0v) is 20.2. The minimum Gasteiger partial charge on any atom is -0.493 e. The number of imidazole rings is 1. The standard InChI is InChI=1S/C23H25N2O6PS/c1-5-8-15(9-6-2)20-21(19-10-7-11-33-19)25-23(24-20)16-12-17(28-3)22(18(13-16)29-4)30-14-31-32(26)27/h5-13,26-27H,1,14H2,2-4H3,(H,24,25)/b9-6-,15-8+. The average molecular weight is 489 g/mol. The van der Waals surface area contributed by atoms with Crippen LogP contribution in [-0.4, -0.2) is 40.8 Å². The van der Waals surface area contributed by atoms with Gasteiger partial charge in [-0.15, -0.1) is 11.3 Å². The molecule has 0 spiro atoms. The topological polar surface area (TPSA) is 106 Å². The molecule has 0 saturated carbocycles. The summed E-state index contributed by atoms with van der Waals surface area (Å²) in [7, 11) is 0.460. The van der Waals surface area contributed by atoms with Crippen molar-refractivity contribution in [3.05, 3.63) is 66.2 Å². The molecule has 0 radical (unpaired) electrons. The highest BCUT2D eigenvalue weighted by Crippen LogP contribution is 2.42. The number of rotatable bonds is 11. The number of thiophene rings is 1. The van der Waals surface area contributed by atoms with Crippen molar-refractivity contribution in [1.82, 2.24) is 9.97 Å². The minimum absolute atomic E-state index is 0.270. The summed E-state index contributed by atoms with van der Waals surface area (Å²) in [5, 5.41) is 2.01. The normalized spacial score (nSPS) is 11.9. The van der Waals surface area contributed by atoms with Crippen molar-refractivity contribution in [3.63, 3.8) is 0 Å². The maximum Gasteiger partial charge on any atom is 0.330 e. The van der Waals surface area contributed by atoms with Crippen molar-refractivity contribution in [2.24, 2.45) is 0 Å². The lowest BCUT2D eigenvalue weighted by Crippen LogP contribution is -2.03. The Hall–Kier alpha value is -2.94. The molecule has 0 unspecified atom stereocenters. The summed E-state index contributed by atoms with van der Waals surface area (Å²) in [6.07, 6.45) is 7.57. The maximum atomic E-state index is 8.93. The Labute approximate surface area is 197 Å². The van der Waals surface area contributed by atoms with Crippen LogP contribution in [0.2, 0.25) is 0 Å². The van der Waals surface area contributed by atoms with Crippen molar-refractivity contribution in [1.29, 1.82) is 0 Å². The number of aromatic nitrogens is 2. The van der Waals surface area contributed by atoms with Gasteiger partial charge in [0.1, 0.15) is 5.82 Å². The van der Waals surface area contributed by atoms with Gasteiger partial charge in [-0.2, -0.15) is 0 Å². The molecule has 0 atom stereocenters. The van der Waals surface area contributed by atoms with Crippen LogP contribution < -0.4 is 14.2 Å². The number of hydrogen-bond donors (Lipinski definition) is 3. The van der Waals surface area contributed by atoms with E-state index in [0.29, 0.717) is 22.9 Å². The highest BCUT2D eigenvalue weighted by Gasteiger charge is 2.20. The molecule has 10 heteroatoms. The zero-order chi connectivity index (χ0) is 23.8. The number of nitrogens with one attached hydrogen (secondary N) is 1. The van der Waals surface area contributed by atoms with Crippen LogP contribution in [-0.2, 0) is 4.52 Å². The third kappa shape index (κ3) is 5.90. The van der Waals surface area contributed by atoms with Gasteiger partial charge in [-0.1, -0.05) is 36.9 Å². The summed E-state index contributed by atoms with van der Waals surface area (Å²) < 4.78 is 21.2. The van der Waals surface area contributed by atoms with Gasteiger partial charge in [0.05, 0.1) is 30.5 Å². The predicted octanol–water partition coefficient (Wildman–Crippen LogP) is 5.53. The van der Waals surface area contributed by atoms with Crippen molar-refractivity contribution in [3.8, 4) is 39.2 Å². The number of H-pyrrole nitrogens is 1. The van der Waals surface area contributed by atoms with Gasteiger partial charge in [0.25, 0.3) is 0 Å². The lowest BCUT2D eigenvalue weighted by atomic mass is 10.1. The van der Waals surface area contributed by atoms with Crippen molar-refractivity contribution >= 4 is 25.5 Å². The quantitative estimate of drug-likeness (QED) is 0.185. The predicted molar refractivity (Wildman–Crippen MR) is 131 cm³/mol. The maximum absolute atomic E-state index is 8.93. The third-order valence-corrected chi connectivity index (χ3v) is 5.72. The smallest absolute Gasteiger partial charge is 0.330 e. The Bertz CT molecular complexity index is 1110. The summed E-state index contributed by atoms with van der Waals surface area (Å²) >= 11 is 1.61. The second kappa shape index (κ2) is 11.8. The summed E-state index contributed by atoms with van der Waals surface area (Å²) in [6, 6.07) is 7.53. The van der Waals surface area contributed by atoms with E-state index in [2.05, 4.69) is 11.6 Å². The van der Waals surface area contributed by atoms with Crippen molar-refractivity contribution in [2.45, 2.75) is 6.92 Å². The minimum atomic E-state index is -2.54. The van der Waals surface area contributed by atoms with E-state index in [1.807, 2.05) is 42.7 Å². The van der Waals surface area contributed by atoms with E-state index in [1.165, 1.54) is 14.2 Å². The van der Waals surface area contributed by atoms with Gasteiger partial charge < -0.3 is 29.0 Å². The van der Waals surface area contributed by atoms with E-state index >= 15 is 0 Å². The number of aromatic amines is 1. The molecule has 8 nitrogen and oxygen atoms in total. The molecule has 0 saturated heterocycles. The molecule has 2 heterocycles. The average Bonchev–Trinajstić information content (AvgIpc) is 3.48. The summed E-state index contributed by atoms with van der Waals surface area (Å²) in [5.74, 6) is 1.63. The molecule has 3 aromatic rings. The third-order valence-electron chi connectivity index (χ3n) is 4.49. The van der Waals surface area contributed by atoms with E-state index in [-0.39, 0.29) is 12.5 Å². The van der Waals surface area contributed by atoms with Crippen LogP contribution in [0.25, 0.3) is 27.5 Å². The fraction of sp³-hybridized carbons (Fsp3) is 0.174. The highest BCUT2D eigenvalue weighted by molar-refractivity contribution is 7.39. The second-order valence-corrected chi connectivity index (χ2v) is 8.21. The highest BCUT2D eigenvalue weighted by atomic mass is 32.1. The Morgan fingerprint density at radius 3 is 2.52 bits per heavy atom. The fourth-order valence-electron chi connectivity index (χ4n) is 3.13. The molecule has 3 N–H and O–H groups in total. The molecule has 1 aromatic carbocycles. The number of nitrogens with zero attached hydrogens (tertiary/aromatic N) is 1. The van der Waals surface area contributed by atoms with E-state index in [0.717, 1.165) is 21.8 Å². The van der Waals surface area contributed by atoms with E-state index in [9.17, 15) is 0 Å². The number of benzene rings is 1. The Balaban J connectivity index is 2.11. The molecule has 2 aromatic heterocycles. The summed E-state index contributed by atoms with van der Waals surface area (Å²) in [4.78, 5) is 27.2. The lowest BCUT2D eigenvalue weighted by Gasteiger charge is -2.15. The van der Waals surface area contributed by atoms with Gasteiger partial charge in [-0.25, -0.2) is 4.98 Å². The molecular formula is C23H25N2O6PS. The molecule has 33 heavy (non-hydrogen) atoms. The summed E-state index contributed by atoms with van der Waals surface area (Å²) in [5.41, 5.74) is 3.30. The molecule has 0 aliphatic rings. The van der Waals surface area contributed by atoms with E-state index in [4.69, 9.17) is 33.5 Å². The SMILES string of the molecule is C=C/C=C(\C=C/C)c1nc(-c2cc(OC)c(OCOP(O)O)c(OC)c2)[nH]c1-c1cccs1. The van der Waals surface area contributed by atoms with Gasteiger partial charge in [-0.3, -0.25) is 4.52 Å². The first-order valence-corrected chi connectivity index (χ1v) is 11.9. The zero-order valence-electron chi connectivity index (χ0n) is 18.4. The van der Waals surface area contributed by atoms with Crippen LogP contribution in [0.3, 0.4) is 0 Å². The molecule has 0 fully saturated rings. The number of allylic oxidation sites excluding steroid dienone is 5. The number of ether oxygens (including phenoxy) is 3. The molecule has 0 aliphatic heterocycles. The van der Waals surface area contributed by atoms with Gasteiger partial charge >= 0.3 is 8.60 Å². The number of hydrogen-bond acceptors (Lipinski definition) is 8. The van der Waals surface area contributed by atoms with E-state index in [1.54, 1.807) is 29.5 Å². The van der Waals surface area contributed by atoms with Gasteiger partial charge in [0.2, 0.25) is 5.75 Å². The van der Waals surface area contributed by atoms with Crippen LogP contribution in [0.4, 0.5) is 0 Å². The van der Waals surface area contributed by atoms with Gasteiger partial charge in [-0.05, 0) is 30.5 Å². The van der Waals surface area contributed by atoms with E-state index < -0.39 is 8.60 Å². The van der Waals surface area contributed by atoms with Crippen LogP contribution in [0.5, 0.6) is 17.2 Å². The van der Waals surface area contributed by atoms with Crippen molar-refractivity contribution < 1.29 is 28.5 Å². The Kier molecular flexibility index (Phi) is 8.82. The largest absolute Gasteiger partial charge is 0.493 e. The molecule has 0 amide bonds. The van der Waals surface area contributed by atoms with Crippen LogP contribution in [0.15, 0.2) is 60.5 Å². The Morgan fingerprint density at radius 2 is 1.97 bits per heavy atom. The van der Waals surface area contributed by atoms with Gasteiger partial charge in [0, 0.05) is 11.1 Å². The first-order chi connectivity index (χ1) is 16.0. The van der Waals surface area contributed by atoms with Crippen LogP contribution >= 0.6 is 19.9 Å². The molecule has 0 bridgehead atoms. The molecule has 174 valence electrons. The fourth-order valence-corrected chi connectivity index (χ4v) is 4.00. The van der Waals surface area contributed by atoms with Gasteiger partial charge in [0.15, 0.2) is 18.3 Å². The lowest BCUT2D eigenvalue weighted by molar-refractivity contribution is 0.0985. The summed E-state index contributed by atoms with van der Waals surface area (Å²) in [6.45, 7) is 5.39. The Morgan fingerprint density at radius 1 is 1.24 bits per heavy atom. The molecule has 0 aliphatic carbocycles.